The Morgan fingerprint density at radius 3 is 1.81 bits per heavy atom. The fraction of sp³-hybridized carbons (Fsp3) is 0.567. The van der Waals surface area contributed by atoms with Crippen LogP contribution in [0, 0.1) is 0 Å². The van der Waals surface area contributed by atoms with Crippen LogP contribution < -0.4 is 0 Å². The van der Waals surface area contributed by atoms with Crippen LogP contribution in [-0.4, -0.2) is 5.78 Å². The predicted molar refractivity (Wildman–Crippen MR) is 133 cm³/mol. The third kappa shape index (κ3) is 7.34. The number of benzene rings is 2. The number of carbonyl (C=O) groups is 1. The van der Waals surface area contributed by atoms with Gasteiger partial charge in [0.05, 0.1) is 0 Å². The summed E-state index contributed by atoms with van der Waals surface area (Å²) in [6.45, 7) is 2.29. The summed E-state index contributed by atoms with van der Waals surface area (Å²) in [5.74, 6) is 0.234. The molecule has 0 aliphatic heterocycles. The molecule has 2 aromatic rings. The van der Waals surface area contributed by atoms with E-state index in [9.17, 15) is 4.79 Å². The minimum atomic E-state index is 0.234. The first-order valence-corrected chi connectivity index (χ1v) is 13.0. The smallest absolute Gasteiger partial charge is 0.193 e. The molecule has 0 atom stereocenters. The molecule has 1 heteroatoms. The number of carbonyl (C=O) groups excluding carboxylic acids is 1. The first-order valence-electron chi connectivity index (χ1n) is 13.0. The Kier molecular flexibility index (Phi) is 10.4. The third-order valence-electron chi connectivity index (χ3n) is 6.91. The number of ketones is 1. The van der Waals surface area contributed by atoms with E-state index in [1.807, 2.05) is 18.2 Å². The van der Waals surface area contributed by atoms with Crippen LogP contribution in [-0.2, 0) is 12.8 Å². The normalized spacial score (nSPS) is 12.6. The lowest BCUT2D eigenvalue weighted by atomic mass is 9.82. The van der Waals surface area contributed by atoms with Gasteiger partial charge in [0.1, 0.15) is 0 Å². The molecule has 3 rings (SSSR count). The van der Waals surface area contributed by atoms with Crippen LogP contribution in [0.4, 0.5) is 0 Å². The highest BCUT2D eigenvalue weighted by Gasteiger charge is 2.24. The minimum Gasteiger partial charge on any atom is -0.289 e. The first-order chi connectivity index (χ1) is 15.3. The van der Waals surface area contributed by atoms with Gasteiger partial charge in [0.2, 0.25) is 0 Å². The van der Waals surface area contributed by atoms with E-state index in [2.05, 4.69) is 31.2 Å². The van der Waals surface area contributed by atoms with Crippen LogP contribution in [0.2, 0.25) is 0 Å². The highest BCUT2D eigenvalue weighted by atomic mass is 16.1. The van der Waals surface area contributed by atoms with Gasteiger partial charge >= 0.3 is 0 Å². The number of aryl methyl sites for hydroxylation is 1. The SMILES string of the molecule is CCCCCCCCCCCCCCCCc1cccc2c1C(=O)c1ccccc1C2. The van der Waals surface area contributed by atoms with Gasteiger partial charge in [-0.25, -0.2) is 0 Å². The van der Waals surface area contributed by atoms with Crippen LogP contribution in [0.1, 0.15) is 129 Å². The first kappa shape index (κ1) is 23.8. The summed E-state index contributed by atoms with van der Waals surface area (Å²) >= 11 is 0. The molecule has 1 nitrogen and oxygen atoms in total. The van der Waals surface area contributed by atoms with E-state index >= 15 is 0 Å². The summed E-state index contributed by atoms with van der Waals surface area (Å²) in [6, 6.07) is 14.6. The van der Waals surface area contributed by atoms with Crippen molar-refractivity contribution in [3.63, 3.8) is 0 Å². The zero-order valence-corrected chi connectivity index (χ0v) is 19.8. The maximum atomic E-state index is 13.1. The predicted octanol–water partition coefficient (Wildman–Crippen LogP) is 8.85. The van der Waals surface area contributed by atoms with Gasteiger partial charge in [-0.05, 0) is 36.0 Å². The molecule has 2 aromatic carbocycles. The Balaban J connectivity index is 1.29. The zero-order valence-electron chi connectivity index (χ0n) is 19.8. The number of rotatable bonds is 15. The largest absolute Gasteiger partial charge is 0.289 e. The van der Waals surface area contributed by atoms with Crippen molar-refractivity contribution >= 4 is 5.78 Å². The lowest BCUT2D eigenvalue weighted by molar-refractivity contribution is 0.103. The Morgan fingerprint density at radius 2 is 1.16 bits per heavy atom. The van der Waals surface area contributed by atoms with Crippen molar-refractivity contribution in [1.82, 2.24) is 0 Å². The molecule has 0 N–H and O–H groups in total. The van der Waals surface area contributed by atoms with Crippen molar-refractivity contribution in [1.29, 1.82) is 0 Å². The Bertz CT molecular complexity index is 804. The second-order valence-corrected chi connectivity index (χ2v) is 9.46. The average Bonchev–Trinajstić information content (AvgIpc) is 2.79. The zero-order chi connectivity index (χ0) is 21.7. The van der Waals surface area contributed by atoms with Gasteiger partial charge < -0.3 is 0 Å². The van der Waals surface area contributed by atoms with Gasteiger partial charge in [-0.3, -0.25) is 4.79 Å². The minimum absolute atomic E-state index is 0.234. The summed E-state index contributed by atoms with van der Waals surface area (Å²) in [6.07, 6.45) is 21.3. The van der Waals surface area contributed by atoms with E-state index in [0.29, 0.717) is 0 Å². The fourth-order valence-corrected chi connectivity index (χ4v) is 5.05. The quantitative estimate of drug-likeness (QED) is 0.225. The lowest BCUT2D eigenvalue weighted by Gasteiger charge is -2.21. The van der Waals surface area contributed by atoms with Gasteiger partial charge in [-0.2, -0.15) is 0 Å². The maximum absolute atomic E-state index is 13.1. The lowest BCUT2D eigenvalue weighted by Crippen LogP contribution is -2.17. The molecule has 0 fully saturated rings. The van der Waals surface area contributed by atoms with Crippen molar-refractivity contribution in [3.8, 4) is 0 Å². The van der Waals surface area contributed by atoms with E-state index in [0.717, 1.165) is 24.0 Å². The van der Waals surface area contributed by atoms with Crippen LogP contribution in [0.3, 0.4) is 0 Å². The Morgan fingerprint density at radius 1 is 0.613 bits per heavy atom. The van der Waals surface area contributed by atoms with Crippen molar-refractivity contribution < 1.29 is 4.79 Å². The molecule has 31 heavy (non-hydrogen) atoms. The molecule has 0 heterocycles. The fourth-order valence-electron chi connectivity index (χ4n) is 5.05. The third-order valence-corrected chi connectivity index (χ3v) is 6.91. The highest BCUT2D eigenvalue weighted by Crippen LogP contribution is 2.30. The molecule has 0 unspecified atom stereocenters. The molecule has 0 saturated carbocycles. The number of hydrogen-bond donors (Lipinski definition) is 0. The molecular formula is C30H42O. The molecule has 1 aliphatic carbocycles. The molecule has 168 valence electrons. The molecule has 0 aromatic heterocycles. The van der Waals surface area contributed by atoms with E-state index in [-0.39, 0.29) is 5.78 Å². The molecule has 0 amide bonds. The number of fused-ring (bicyclic) bond motifs is 2. The Hall–Kier alpha value is -1.89. The Labute approximate surface area is 190 Å². The molecule has 0 bridgehead atoms. The standard InChI is InChI=1S/C30H42O/c1-2-3-4-5-6-7-8-9-10-11-12-13-14-15-19-25-21-18-22-27-24-26-20-16-17-23-28(26)30(31)29(25)27/h16-18,20-23H,2-15,19,24H2,1H3. The van der Waals surface area contributed by atoms with Crippen molar-refractivity contribution in [2.24, 2.45) is 0 Å². The van der Waals surface area contributed by atoms with Crippen molar-refractivity contribution in [2.45, 2.75) is 110 Å². The average molecular weight is 419 g/mol. The van der Waals surface area contributed by atoms with Gasteiger partial charge in [-0.1, -0.05) is 133 Å². The maximum Gasteiger partial charge on any atom is 0.193 e. The van der Waals surface area contributed by atoms with Crippen LogP contribution >= 0.6 is 0 Å². The topological polar surface area (TPSA) is 17.1 Å². The summed E-state index contributed by atoms with van der Waals surface area (Å²) in [7, 11) is 0. The highest BCUT2D eigenvalue weighted by molar-refractivity contribution is 6.13. The van der Waals surface area contributed by atoms with Crippen molar-refractivity contribution in [3.05, 3.63) is 70.3 Å². The van der Waals surface area contributed by atoms with Crippen LogP contribution in [0.15, 0.2) is 42.5 Å². The summed E-state index contributed by atoms with van der Waals surface area (Å²) < 4.78 is 0. The van der Waals surface area contributed by atoms with E-state index in [1.54, 1.807) is 0 Å². The van der Waals surface area contributed by atoms with Gasteiger partial charge in [0, 0.05) is 11.1 Å². The molecule has 0 saturated heterocycles. The van der Waals surface area contributed by atoms with Crippen LogP contribution in [0.5, 0.6) is 0 Å². The second-order valence-electron chi connectivity index (χ2n) is 9.46. The molecule has 0 spiro atoms. The summed E-state index contributed by atoms with van der Waals surface area (Å²) in [5, 5.41) is 0. The number of unbranched alkanes of at least 4 members (excludes halogenated alkanes) is 13. The molecule has 0 radical (unpaired) electrons. The van der Waals surface area contributed by atoms with E-state index in [1.165, 1.54) is 107 Å². The second kappa shape index (κ2) is 13.5. The van der Waals surface area contributed by atoms with E-state index in [4.69, 9.17) is 0 Å². The van der Waals surface area contributed by atoms with Crippen LogP contribution in [0.25, 0.3) is 0 Å². The van der Waals surface area contributed by atoms with Gasteiger partial charge in [-0.15, -0.1) is 0 Å². The number of hydrogen-bond acceptors (Lipinski definition) is 1. The summed E-state index contributed by atoms with van der Waals surface area (Å²) in [4.78, 5) is 13.1. The molecular weight excluding hydrogens is 376 g/mol. The van der Waals surface area contributed by atoms with E-state index < -0.39 is 0 Å². The molecule has 1 aliphatic rings. The van der Waals surface area contributed by atoms with Crippen molar-refractivity contribution in [2.75, 3.05) is 0 Å². The summed E-state index contributed by atoms with van der Waals surface area (Å²) in [5.41, 5.74) is 5.55. The van der Waals surface area contributed by atoms with Gasteiger partial charge in [0.25, 0.3) is 0 Å². The monoisotopic (exact) mass is 418 g/mol. The van der Waals surface area contributed by atoms with Gasteiger partial charge in [0.15, 0.2) is 5.78 Å².